The number of aryl methyl sites for hydroxylation is 2. The number of piperidine rings is 1. The van der Waals surface area contributed by atoms with Gasteiger partial charge >= 0.3 is 0 Å². The molecule has 0 bridgehead atoms. The van der Waals surface area contributed by atoms with E-state index in [0.717, 1.165) is 59.0 Å². The van der Waals surface area contributed by atoms with E-state index in [-0.39, 0.29) is 0 Å². The highest BCUT2D eigenvalue weighted by molar-refractivity contribution is 5.79. The van der Waals surface area contributed by atoms with E-state index in [1.165, 1.54) is 12.8 Å². The van der Waals surface area contributed by atoms with Crippen LogP contribution in [-0.2, 0) is 13.1 Å². The first-order valence-corrected chi connectivity index (χ1v) is 11.8. The summed E-state index contributed by atoms with van der Waals surface area (Å²) < 4.78 is 2.00. The molecular weight excluding hydrogens is 410 g/mol. The van der Waals surface area contributed by atoms with E-state index in [0.29, 0.717) is 13.1 Å². The molecule has 33 heavy (non-hydrogen) atoms. The zero-order valence-corrected chi connectivity index (χ0v) is 20.2. The first-order valence-electron chi connectivity index (χ1n) is 11.8. The molecule has 174 valence electrons. The summed E-state index contributed by atoms with van der Waals surface area (Å²) in [6, 6.07) is 14.7. The molecule has 0 aliphatic carbocycles. The van der Waals surface area contributed by atoms with E-state index in [4.69, 9.17) is 4.98 Å². The first-order chi connectivity index (χ1) is 16.0. The van der Waals surface area contributed by atoms with Crippen molar-refractivity contribution in [2.45, 2.75) is 46.7 Å². The third-order valence-electron chi connectivity index (χ3n) is 6.28. The van der Waals surface area contributed by atoms with Crippen LogP contribution in [0.5, 0.6) is 0 Å². The van der Waals surface area contributed by atoms with Gasteiger partial charge in [-0.25, -0.2) is 9.67 Å². The van der Waals surface area contributed by atoms with Gasteiger partial charge in [0.25, 0.3) is 0 Å². The SMILES string of the molecule is CN=C(NCc1ccc(N2CCC(C)CC2)nc1)NCc1ccccc1-n1nc(C)cc1C. The number of nitrogens with one attached hydrogen (secondary N) is 2. The van der Waals surface area contributed by atoms with E-state index >= 15 is 0 Å². The number of aromatic nitrogens is 3. The zero-order chi connectivity index (χ0) is 23.2. The van der Waals surface area contributed by atoms with E-state index < -0.39 is 0 Å². The number of hydrogen-bond acceptors (Lipinski definition) is 4. The van der Waals surface area contributed by atoms with E-state index in [9.17, 15) is 0 Å². The number of aliphatic imine (C=N–C) groups is 1. The van der Waals surface area contributed by atoms with Crippen LogP contribution in [0.1, 0.15) is 42.3 Å². The second kappa shape index (κ2) is 10.5. The van der Waals surface area contributed by atoms with Crippen molar-refractivity contribution >= 4 is 11.8 Å². The van der Waals surface area contributed by atoms with Gasteiger partial charge < -0.3 is 15.5 Å². The molecule has 1 aliphatic heterocycles. The lowest BCUT2D eigenvalue weighted by molar-refractivity contribution is 0.436. The Hall–Kier alpha value is -3.35. The molecule has 3 aromatic rings. The van der Waals surface area contributed by atoms with Crippen LogP contribution in [0.25, 0.3) is 5.69 Å². The van der Waals surface area contributed by atoms with Crippen LogP contribution in [0.2, 0.25) is 0 Å². The van der Waals surface area contributed by atoms with Crippen molar-refractivity contribution in [2.75, 3.05) is 25.0 Å². The topological polar surface area (TPSA) is 70.4 Å². The Kier molecular flexibility index (Phi) is 7.27. The van der Waals surface area contributed by atoms with E-state index in [1.54, 1.807) is 7.05 Å². The monoisotopic (exact) mass is 445 g/mol. The first kappa shape index (κ1) is 22.8. The number of rotatable bonds is 6. The smallest absolute Gasteiger partial charge is 0.191 e. The molecular formula is C26H35N7. The highest BCUT2D eigenvalue weighted by Gasteiger charge is 2.16. The number of benzene rings is 1. The second-order valence-electron chi connectivity index (χ2n) is 8.94. The third kappa shape index (κ3) is 5.72. The molecule has 0 atom stereocenters. The van der Waals surface area contributed by atoms with Gasteiger partial charge in [0, 0.05) is 45.1 Å². The average molecular weight is 446 g/mol. The Bertz CT molecular complexity index is 1080. The molecule has 0 saturated carbocycles. The van der Waals surface area contributed by atoms with Gasteiger partial charge in [-0.2, -0.15) is 5.10 Å². The van der Waals surface area contributed by atoms with Crippen LogP contribution in [0, 0.1) is 19.8 Å². The maximum absolute atomic E-state index is 4.70. The average Bonchev–Trinajstić information content (AvgIpc) is 3.18. The van der Waals surface area contributed by atoms with E-state index in [2.05, 4.69) is 75.9 Å². The molecule has 1 aliphatic rings. The highest BCUT2D eigenvalue weighted by Crippen LogP contribution is 2.21. The van der Waals surface area contributed by atoms with Crippen molar-refractivity contribution in [2.24, 2.45) is 10.9 Å². The summed E-state index contributed by atoms with van der Waals surface area (Å²) in [7, 11) is 1.79. The molecule has 0 unspecified atom stereocenters. The fraction of sp³-hybridized carbons (Fsp3) is 0.423. The summed E-state index contributed by atoms with van der Waals surface area (Å²) in [5, 5.41) is 11.5. The number of hydrogen-bond donors (Lipinski definition) is 2. The van der Waals surface area contributed by atoms with Crippen molar-refractivity contribution < 1.29 is 0 Å². The van der Waals surface area contributed by atoms with Gasteiger partial charge in [-0.3, -0.25) is 4.99 Å². The zero-order valence-electron chi connectivity index (χ0n) is 20.2. The molecule has 1 aromatic carbocycles. The maximum Gasteiger partial charge on any atom is 0.191 e. The normalized spacial score (nSPS) is 15.0. The molecule has 1 saturated heterocycles. The Morgan fingerprint density at radius 2 is 1.82 bits per heavy atom. The van der Waals surface area contributed by atoms with E-state index in [1.807, 2.05) is 23.9 Å². The summed E-state index contributed by atoms with van der Waals surface area (Å²) in [4.78, 5) is 11.5. The van der Waals surface area contributed by atoms with Crippen molar-refractivity contribution in [1.29, 1.82) is 0 Å². The predicted molar refractivity (Wildman–Crippen MR) is 135 cm³/mol. The fourth-order valence-corrected chi connectivity index (χ4v) is 4.27. The van der Waals surface area contributed by atoms with Gasteiger partial charge in [0.05, 0.1) is 11.4 Å². The number of pyridine rings is 1. The minimum Gasteiger partial charge on any atom is -0.357 e. The predicted octanol–water partition coefficient (Wildman–Crippen LogP) is 3.99. The molecule has 0 spiro atoms. The second-order valence-corrected chi connectivity index (χ2v) is 8.94. The molecule has 7 heteroatoms. The maximum atomic E-state index is 4.70. The van der Waals surface area contributed by atoms with Crippen LogP contribution >= 0.6 is 0 Å². The van der Waals surface area contributed by atoms with Crippen LogP contribution in [0.4, 0.5) is 5.82 Å². The van der Waals surface area contributed by atoms with Crippen LogP contribution in [0.3, 0.4) is 0 Å². The molecule has 4 rings (SSSR count). The van der Waals surface area contributed by atoms with Crippen LogP contribution < -0.4 is 15.5 Å². The molecule has 7 nitrogen and oxygen atoms in total. The molecule has 2 aromatic heterocycles. The third-order valence-corrected chi connectivity index (χ3v) is 6.28. The fourth-order valence-electron chi connectivity index (χ4n) is 4.27. The van der Waals surface area contributed by atoms with Gasteiger partial charge in [0.15, 0.2) is 5.96 Å². The van der Waals surface area contributed by atoms with Crippen molar-refractivity contribution in [1.82, 2.24) is 25.4 Å². The minimum absolute atomic E-state index is 0.652. The number of guanidine groups is 1. The lowest BCUT2D eigenvalue weighted by Gasteiger charge is -2.31. The Morgan fingerprint density at radius 1 is 1.06 bits per heavy atom. The molecule has 0 radical (unpaired) electrons. The molecule has 3 heterocycles. The van der Waals surface area contributed by atoms with Gasteiger partial charge in [0.2, 0.25) is 0 Å². The summed E-state index contributed by atoms with van der Waals surface area (Å²) in [6.07, 6.45) is 4.46. The number of anilines is 1. The molecule has 1 fully saturated rings. The van der Waals surface area contributed by atoms with Gasteiger partial charge in [-0.15, -0.1) is 0 Å². The van der Waals surface area contributed by atoms with Crippen LogP contribution in [-0.4, -0.2) is 40.9 Å². The summed E-state index contributed by atoms with van der Waals surface area (Å²) in [5.74, 6) is 2.66. The summed E-state index contributed by atoms with van der Waals surface area (Å²) >= 11 is 0. The Morgan fingerprint density at radius 3 is 2.48 bits per heavy atom. The molecule has 0 amide bonds. The quantitative estimate of drug-likeness (QED) is 0.444. The summed E-state index contributed by atoms with van der Waals surface area (Å²) in [6.45, 7) is 9.95. The minimum atomic E-state index is 0.652. The highest BCUT2D eigenvalue weighted by atomic mass is 15.3. The number of para-hydroxylation sites is 1. The van der Waals surface area contributed by atoms with Crippen molar-refractivity contribution in [3.05, 3.63) is 71.2 Å². The van der Waals surface area contributed by atoms with Crippen molar-refractivity contribution in [3.8, 4) is 5.69 Å². The lowest BCUT2D eigenvalue weighted by Crippen LogP contribution is -2.36. The largest absolute Gasteiger partial charge is 0.357 e. The van der Waals surface area contributed by atoms with Crippen molar-refractivity contribution in [3.63, 3.8) is 0 Å². The Labute approximate surface area is 197 Å². The Balaban J connectivity index is 1.33. The van der Waals surface area contributed by atoms with Gasteiger partial charge in [0.1, 0.15) is 5.82 Å². The van der Waals surface area contributed by atoms with Gasteiger partial charge in [-0.05, 0) is 61.9 Å². The molecule has 2 N–H and O–H groups in total. The standard InChI is InChI=1S/C26H35N7/c1-19-11-13-32(14-12-19)25-10-9-22(16-28-25)17-29-26(27-4)30-18-23-7-5-6-8-24(23)33-21(3)15-20(2)31-33/h5-10,15-16,19H,11-14,17-18H2,1-4H3,(H2,27,29,30). The summed E-state index contributed by atoms with van der Waals surface area (Å²) in [5.41, 5.74) is 5.52. The lowest BCUT2D eigenvalue weighted by atomic mass is 9.99. The van der Waals surface area contributed by atoms with Crippen LogP contribution in [0.15, 0.2) is 53.7 Å². The van der Waals surface area contributed by atoms with Gasteiger partial charge in [-0.1, -0.05) is 31.2 Å². The number of nitrogens with zero attached hydrogens (tertiary/aromatic N) is 5.